The Labute approximate surface area is 107 Å². The topological polar surface area (TPSA) is 30.5 Å². The fourth-order valence-electron chi connectivity index (χ4n) is 1.88. The van der Waals surface area contributed by atoms with Crippen molar-refractivity contribution in [2.24, 2.45) is 0 Å². The predicted molar refractivity (Wildman–Crippen MR) is 70.3 cm³/mol. The van der Waals surface area contributed by atoms with Crippen LogP contribution in [0, 0.1) is 0 Å². The number of aryl methyl sites for hydroxylation is 1. The second-order valence-electron chi connectivity index (χ2n) is 4.82. The summed E-state index contributed by atoms with van der Waals surface area (Å²) in [5.41, 5.74) is 1.44. The Kier molecular flexibility index (Phi) is 4.20. The van der Waals surface area contributed by atoms with Crippen molar-refractivity contribution in [3.8, 4) is 0 Å². The summed E-state index contributed by atoms with van der Waals surface area (Å²) in [5, 5.41) is 5.66. The van der Waals surface area contributed by atoms with E-state index in [1.54, 1.807) is 0 Å². The third-order valence-corrected chi connectivity index (χ3v) is 4.00. The van der Waals surface area contributed by atoms with Gasteiger partial charge in [-0.25, -0.2) is 0 Å². The van der Waals surface area contributed by atoms with Crippen LogP contribution in [0.3, 0.4) is 0 Å². The molecule has 0 spiro atoms. The Bertz CT molecular complexity index is 352. The molecule has 0 bridgehead atoms. The van der Waals surface area contributed by atoms with Crippen molar-refractivity contribution in [1.82, 2.24) is 5.32 Å². The maximum Gasteiger partial charge on any atom is 0.162 e. The fourth-order valence-corrected chi connectivity index (χ4v) is 2.81. The van der Waals surface area contributed by atoms with Crippen molar-refractivity contribution >= 4 is 11.3 Å². The SMILES string of the molecule is CCc1ccsc1CNC1COC(C)(C)OC1. The molecule has 0 amide bonds. The number of hydrogen-bond donors (Lipinski definition) is 1. The van der Waals surface area contributed by atoms with Gasteiger partial charge in [-0.2, -0.15) is 0 Å². The number of ether oxygens (including phenoxy) is 2. The van der Waals surface area contributed by atoms with Crippen molar-refractivity contribution in [2.45, 2.75) is 45.6 Å². The minimum absolute atomic E-state index is 0.301. The molecule has 1 fully saturated rings. The van der Waals surface area contributed by atoms with E-state index in [1.807, 2.05) is 25.2 Å². The molecular weight excluding hydrogens is 234 g/mol. The minimum Gasteiger partial charge on any atom is -0.349 e. The summed E-state index contributed by atoms with van der Waals surface area (Å²) >= 11 is 1.82. The van der Waals surface area contributed by atoms with Crippen LogP contribution in [0.25, 0.3) is 0 Å². The summed E-state index contributed by atoms with van der Waals surface area (Å²) in [5.74, 6) is -0.421. The Hall–Kier alpha value is -0.420. The van der Waals surface area contributed by atoms with Crippen molar-refractivity contribution in [3.63, 3.8) is 0 Å². The molecule has 1 aliphatic rings. The summed E-state index contributed by atoms with van der Waals surface area (Å²) in [4.78, 5) is 1.43. The first-order valence-electron chi connectivity index (χ1n) is 6.17. The van der Waals surface area contributed by atoms with E-state index < -0.39 is 5.79 Å². The molecule has 0 aromatic carbocycles. The van der Waals surface area contributed by atoms with Crippen LogP contribution < -0.4 is 5.32 Å². The number of rotatable bonds is 4. The summed E-state index contributed by atoms with van der Waals surface area (Å²) in [6.07, 6.45) is 1.10. The van der Waals surface area contributed by atoms with Gasteiger partial charge in [0, 0.05) is 11.4 Å². The first kappa shape index (κ1) is 13.0. The Morgan fingerprint density at radius 1 is 1.41 bits per heavy atom. The Morgan fingerprint density at radius 2 is 2.12 bits per heavy atom. The fraction of sp³-hybridized carbons (Fsp3) is 0.692. The van der Waals surface area contributed by atoms with Crippen molar-refractivity contribution in [2.75, 3.05) is 13.2 Å². The lowest BCUT2D eigenvalue weighted by Gasteiger charge is -2.35. The van der Waals surface area contributed by atoms with Gasteiger partial charge in [0.15, 0.2) is 5.79 Å². The maximum absolute atomic E-state index is 5.62. The monoisotopic (exact) mass is 255 g/mol. The Morgan fingerprint density at radius 3 is 2.76 bits per heavy atom. The van der Waals surface area contributed by atoms with Gasteiger partial charge in [0.1, 0.15) is 0 Å². The maximum atomic E-state index is 5.62. The molecule has 1 saturated heterocycles. The van der Waals surface area contributed by atoms with Crippen LogP contribution in [0.15, 0.2) is 11.4 Å². The molecule has 0 aliphatic carbocycles. The second-order valence-corrected chi connectivity index (χ2v) is 5.82. The van der Waals surface area contributed by atoms with Gasteiger partial charge >= 0.3 is 0 Å². The number of thiophene rings is 1. The summed E-state index contributed by atoms with van der Waals surface area (Å²) in [6, 6.07) is 2.51. The first-order valence-corrected chi connectivity index (χ1v) is 7.05. The van der Waals surface area contributed by atoms with Crippen molar-refractivity contribution in [3.05, 3.63) is 21.9 Å². The van der Waals surface area contributed by atoms with Gasteiger partial charge in [-0.15, -0.1) is 11.3 Å². The zero-order valence-electron chi connectivity index (χ0n) is 10.8. The Balaban J connectivity index is 1.80. The molecule has 3 nitrogen and oxygen atoms in total. The molecule has 0 radical (unpaired) electrons. The van der Waals surface area contributed by atoms with E-state index in [9.17, 15) is 0 Å². The average Bonchev–Trinajstić information content (AvgIpc) is 2.75. The van der Waals surface area contributed by atoms with Gasteiger partial charge in [-0.3, -0.25) is 0 Å². The van der Waals surface area contributed by atoms with E-state index in [4.69, 9.17) is 9.47 Å². The quantitative estimate of drug-likeness (QED) is 0.897. The lowest BCUT2D eigenvalue weighted by molar-refractivity contribution is -0.253. The number of hydrogen-bond acceptors (Lipinski definition) is 4. The zero-order chi connectivity index (χ0) is 12.3. The molecule has 96 valence electrons. The van der Waals surface area contributed by atoms with E-state index in [0.29, 0.717) is 6.04 Å². The van der Waals surface area contributed by atoms with Crippen LogP contribution in [0.2, 0.25) is 0 Å². The highest BCUT2D eigenvalue weighted by Gasteiger charge is 2.27. The van der Waals surface area contributed by atoms with Crippen LogP contribution in [0.4, 0.5) is 0 Å². The highest BCUT2D eigenvalue weighted by Crippen LogP contribution is 2.19. The molecule has 0 atom stereocenters. The lowest BCUT2D eigenvalue weighted by atomic mass is 10.2. The molecule has 0 unspecified atom stereocenters. The van der Waals surface area contributed by atoms with Crippen LogP contribution in [0.1, 0.15) is 31.2 Å². The molecule has 2 heterocycles. The van der Waals surface area contributed by atoms with Gasteiger partial charge in [0.2, 0.25) is 0 Å². The minimum atomic E-state index is -0.421. The molecule has 1 aromatic heterocycles. The van der Waals surface area contributed by atoms with Gasteiger partial charge in [-0.05, 0) is 37.3 Å². The second kappa shape index (κ2) is 5.48. The van der Waals surface area contributed by atoms with Gasteiger partial charge < -0.3 is 14.8 Å². The lowest BCUT2D eigenvalue weighted by Crippen LogP contribution is -2.48. The molecule has 2 rings (SSSR count). The highest BCUT2D eigenvalue weighted by atomic mass is 32.1. The van der Waals surface area contributed by atoms with Crippen molar-refractivity contribution in [1.29, 1.82) is 0 Å². The van der Waals surface area contributed by atoms with Gasteiger partial charge in [-0.1, -0.05) is 6.92 Å². The smallest absolute Gasteiger partial charge is 0.162 e. The first-order chi connectivity index (χ1) is 8.11. The summed E-state index contributed by atoms with van der Waals surface area (Å²) in [7, 11) is 0. The van der Waals surface area contributed by atoms with Crippen LogP contribution in [-0.2, 0) is 22.4 Å². The van der Waals surface area contributed by atoms with Crippen molar-refractivity contribution < 1.29 is 9.47 Å². The van der Waals surface area contributed by atoms with E-state index in [1.165, 1.54) is 10.4 Å². The van der Waals surface area contributed by atoms with E-state index in [0.717, 1.165) is 26.2 Å². The molecule has 17 heavy (non-hydrogen) atoms. The predicted octanol–water partition coefficient (Wildman–Crippen LogP) is 2.55. The molecular formula is C13H21NO2S. The molecule has 1 aromatic rings. The van der Waals surface area contributed by atoms with Crippen LogP contribution in [-0.4, -0.2) is 25.0 Å². The van der Waals surface area contributed by atoms with Gasteiger partial charge in [0.05, 0.1) is 19.3 Å². The summed E-state index contributed by atoms with van der Waals surface area (Å²) in [6.45, 7) is 8.47. The third-order valence-electron chi connectivity index (χ3n) is 3.03. The van der Waals surface area contributed by atoms with Gasteiger partial charge in [0.25, 0.3) is 0 Å². The normalized spacial score (nSPS) is 20.6. The highest BCUT2D eigenvalue weighted by molar-refractivity contribution is 7.10. The number of nitrogens with one attached hydrogen (secondary N) is 1. The molecule has 1 N–H and O–H groups in total. The largest absolute Gasteiger partial charge is 0.349 e. The standard InChI is InChI=1S/C13H21NO2S/c1-4-10-5-6-17-12(10)7-14-11-8-15-13(2,3)16-9-11/h5-6,11,14H,4,7-9H2,1-3H3. The van der Waals surface area contributed by atoms with E-state index >= 15 is 0 Å². The molecule has 1 aliphatic heterocycles. The average molecular weight is 255 g/mol. The zero-order valence-corrected chi connectivity index (χ0v) is 11.6. The van der Waals surface area contributed by atoms with Crippen LogP contribution in [0.5, 0.6) is 0 Å². The summed E-state index contributed by atoms with van der Waals surface area (Å²) < 4.78 is 11.2. The molecule has 0 saturated carbocycles. The van der Waals surface area contributed by atoms with E-state index in [2.05, 4.69) is 23.7 Å². The third kappa shape index (κ3) is 3.52. The van der Waals surface area contributed by atoms with Crippen LogP contribution >= 0.6 is 11.3 Å². The molecule has 4 heteroatoms. The van der Waals surface area contributed by atoms with E-state index in [-0.39, 0.29) is 0 Å².